The summed E-state index contributed by atoms with van der Waals surface area (Å²) in [5.74, 6) is -3.13. The molecule has 2 fully saturated rings. The van der Waals surface area contributed by atoms with Crippen molar-refractivity contribution >= 4 is 17.6 Å². The minimum atomic E-state index is -1.23. The van der Waals surface area contributed by atoms with E-state index in [1.807, 2.05) is 36.4 Å². The predicted octanol–water partition coefficient (Wildman–Crippen LogP) is 0.668. The lowest BCUT2D eigenvalue weighted by molar-refractivity contribution is -0.313. The van der Waals surface area contributed by atoms with E-state index in [4.69, 9.17) is 4.74 Å². The molecule has 3 aliphatic heterocycles. The van der Waals surface area contributed by atoms with Crippen molar-refractivity contribution in [2.75, 3.05) is 4.90 Å². The Morgan fingerprint density at radius 1 is 1.39 bits per heavy atom. The highest BCUT2D eigenvalue weighted by atomic mass is 16.5. The van der Waals surface area contributed by atoms with Crippen LogP contribution in [0, 0.1) is 11.8 Å². The number of aliphatic carboxylic acids is 1. The highest BCUT2D eigenvalue weighted by Crippen LogP contribution is 2.56. The Labute approximate surface area is 133 Å². The number of carboxylic acids is 1. The van der Waals surface area contributed by atoms with Crippen LogP contribution < -0.4 is 10.0 Å². The maximum absolute atomic E-state index is 13.1. The lowest BCUT2D eigenvalue weighted by Crippen LogP contribution is -2.46. The molecule has 118 valence electrons. The second-order valence-electron chi connectivity index (χ2n) is 6.20. The molecule has 0 saturated carbocycles. The molecule has 3 aliphatic rings. The summed E-state index contributed by atoms with van der Waals surface area (Å²) in [6.07, 6.45) is 5.28. The summed E-state index contributed by atoms with van der Waals surface area (Å²) in [5, 5.41) is 11.6. The van der Waals surface area contributed by atoms with E-state index >= 15 is 0 Å². The van der Waals surface area contributed by atoms with Gasteiger partial charge in [-0.25, -0.2) is 0 Å². The molecular formula is C18H16NO4-. The Kier molecular flexibility index (Phi) is 2.96. The fourth-order valence-corrected chi connectivity index (χ4v) is 4.26. The number of para-hydroxylation sites is 1. The Hall–Kier alpha value is -2.40. The zero-order chi connectivity index (χ0) is 16.2. The fraction of sp³-hybridized carbons (Fsp3) is 0.333. The van der Waals surface area contributed by atoms with Crippen LogP contribution in [0.1, 0.15) is 6.42 Å². The molecule has 0 aromatic heterocycles. The summed E-state index contributed by atoms with van der Waals surface area (Å²) >= 11 is 0. The van der Waals surface area contributed by atoms with Crippen LogP contribution in [0.5, 0.6) is 0 Å². The van der Waals surface area contributed by atoms with E-state index in [1.54, 1.807) is 17.1 Å². The summed E-state index contributed by atoms with van der Waals surface area (Å²) < 4.78 is 6.00. The SMILES string of the molecule is C=CC[C@H]1N(c2ccccc2)C(=O)[C@@H]2[C@H](C(=O)[O-])[C@H]3C=C[C@]21O3. The maximum Gasteiger partial charge on any atom is 0.234 e. The van der Waals surface area contributed by atoms with Crippen LogP contribution in [0.2, 0.25) is 0 Å². The van der Waals surface area contributed by atoms with Crippen molar-refractivity contribution < 1.29 is 19.4 Å². The van der Waals surface area contributed by atoms with Crippen molar-refractivity contribution in [3.8, 4) is 0 Å². The number of anilines is 1. The standard InChI is InChI=1S/C18H17NO4/c1-2-6-13-18-10-9-12(23-18)14(17(21)22)15(18)16(20)19(13)11-7-4-3-5-8-11/h2-5,7-10,12-15H,1,6H2,(H,21,22)/p-1/t12-,13-,14-,15+,18-/m1/s1. The van der Waals surface area contributed by atoms with Crippen LogP contribution >= 0.6 is 0 Å². The average Bonchev–Trinajstić information content (AvgIpc) is 3.18. The van der Waals surface area contributed by atoms with Crippen molar-refractivity contribution in [2.24, 2.45) is 11.8 Å². The summed E-state index contributed by atoms with van der Waals surface area (Å²) in [7, 11) is 0. The van der Waals surface area contributed by atoms with E-state index < -0.39 is 29.5 Å². The van der Waals surface area contributed by atoms with Crippen LogP contribution in [0.25, 0.3) is 0 Å². The fourth-order valence-electron chi connectivity index (χ4n) is 4.26. The van der Waals surface area contributed by atoms with Crippen molar-refractivity contribution in [3.05, 3.63) is 55.1 Å². The third-order valence-corrected chi connectivity index (χ3v) is 5.12. The second-order valence-corrected chi connectivity index (χ2v) is 6.20. The minimum Gasteiger partial charge on any atom is -0.550 e. The van der Waals surface area contributed by atoms with Gasteiger partial charge >= 0.3 is 0 Å². The molecular weight excluding hydrogens is 294 g/mol. The van der Waals surface area contributed by atoms with Gasteiger partial charge < -0.3 is 19.5 Å². The minimum absolute atomic E-state index is 0.218. The number of fused-ring (bicyclic) bond motifs is 1. The summed E-state index contributed by atoms with van der Waals surface area (Å²) in [4.78, 5) is 26.3. The smallest absolute Gasteiger partial charge is 0.234 e. The zero-order valence-electron chi connectivity index (χ0n) is 12.4. The van der Waals surface area contributed by atoms with Gasteiger partial charge in [-0.2, -0.15) is 0 Å². The van der Waals surface area contributed by atoms with Crippen molar-refractivity contribution in [1.29, 1.82) is 0 Å². The Bertz CT molecular complexity index is 713. The Morgan fingerprint density at radius 3 is 2.78 bits per heavy atom. The number of amides is 1. The number of nitrogens with zero attached hydrogens (tertiary/aromatic N) is 1. The van der Waals surface area contributed by atoms with Crippen molar-refractivity contribution in [1.82, 2.24) is 0 Å². The number of ether oxygens (including phenoxy) is 1. The number of hydrogen-bond acceptors (Lipinski definition) is 4. The van der Waals surface area contributed by atoms with Crippen molar-refractivity contribution in [2.45, 2.75) is 24.2 Å². The Balaban J connectivity index is 1.85. The van der Waals surface area contributed by atoms with E-state index in [-0.39, 0.29) is 11.9 Å². The number of benzene rings is 1. The molecule has 2 saturated heterocycles. The van der Waals surface area contributed by atoms with Gasteiger partial charge in [0.05, 0.1) is 18.1 Å². The molecule has 4 rings (SSSR count). The van der Waals surface area contributed by atoms with E-state index in [1.165, 1.54) is 0 Å². The molecule has 2 bridgehead atoms. The molecule has 0 unspecified atom stereocenters. The largest absolute Gasteiger partial charge is 0.550 e. The number of hydrogen-bond donors (Lipinski definition) is 0. The molecule has 1 aromatic carbocycles. The molecule has 3 heterocycles. The molecule has 23 heavy (non-hydrogen) atoms. The van der Waals surface area contributed by atoms with Gasteiger partial charge in [-0.15, -0.1) is 6.58 Å². The molecule has 5 nitrogen and oxygen atoms in total. The number of rotatable bonds is 4. The van der Waals surface area contributed by atoms with Crippen LogP contribution in [0.15, 0.2) is 55.1 Å². The van der Waals surface area contributed by atoms with Crippen molar-refractivity contribution in [3.63, 3.8) is 0 Å². The summed E-state index contributed by atoms with van der Waals surface area (Å²) in [6.45, 7) is 3.78. The molecule has 0 radical (unpaired) electrons. The Morgan fingerprint density at radius 2 is 2.13 bits per heavy atom. The van der Waals surface area contributed by atoms with Gasteiger partial charge in [0.25, 0.3) is 0 Å². The molecule has 5 atom stereocenters. The lowest BCUT2D eigenvalue weighted by atomic mass is 9.74. The second kappa shape index (κ2) is 4.80. The van der Waals surface area contributed by atoms with Crippen LogP contribution in [-0.2, 0) is 14.3 Å². The van der Waals surface area contributed by atoms with Gasteiger partial charge in [0.15, 0.2) is 0 Å². The number of carbonyl (C=O) groups excluding carboxylic acids is 2. The molecule has 0 N–H and O–H groups in total. The summed E-state index contributed by atoms with van der Waals surface area (Å²) in [6, 6.07) is 8.96. The topological polar surface area (TPSA) is 69.7 Å². The van der Waals surface area contributed by atoms with Gasteiger partial charge in [0, 0.05) is 17.6 Å². The highest BCUT2D eigenvalue weighted by molar-refractivity contribution is 6.03. The normalized spacial score (nSPS) is 37.2. The number of carboxylic acid groups (broad SMARTS) is 1. The monoisotopic (exact) mass is 310 g/mol. The van der Waals surface area contributed by atoms with E-state index in [0.29, 0.717) is 6.42 Å². The third kappa shape index (κ3) is 1.71. The van der Waals surface area contributed by atoms with Gasteiger partial charge in [0.2, 0.25) is 5.91 Å². The number of carbonyl (C=O) groups is 2. The quantitative estimate of drug-likeness (QED) is 0.766. The first kappa shape index (κ1) is 14.2. The summed E-state index contributed by atoms with van der Waals surface area (Å²) in [5.41, 5.74) is -0.165. The van der Waals surface area contributed by atoms with Crippen LogP contribution in [0.4, 0.5) is 5.69 Å². The molecule has 1 amide bonds. The first-order chi connectivity index (χ1) is 11.1. The molecule has 1 aromatic rings. The lowest BCUT2D eigenvalue weighted by Gasteiger charge is -2.32. The first-order valence-electron chi connectivity index (χ1n) is 7.67. The van der Waals surface area contributed by atoms with Gasteiger partial charge in [-0.1, -0.05) is 36.4 Å². The average molecular weight is 310 g/mol. The van der Waals surface area contributed by atoms with Gasteiger partial charge in [0.1, 0.15) is 5.60 Å². The molecule has 5 heteroatoms. The highest BCUT2D eigenvalue weighted by Gasteiger charge is 2.69. The third-order valence-electron chi connectivity index (χ3n) is 5.12. The van der Waals surface area contributed by atoms with Crippen LogP contribution in [-0.4, -0.2) is 29.6 Å². The zero-order valence-corrected chi connectivity index (χ0v) is 12.4. The van der Waals surface area contributed by atoms with Gasteiger partial charge in [-0.05, 0) is 18.6 Å². The van der Waals surface area contributed by atoms with E-state index in [0.717, 1.165) is 5.69 Å². The van der Waals surface area contributed by atoms with E-state index in [2.05, 4.69) is 6.58 Å². The molecule has 0 aliphatic carbocycles. The molecule has 1 spiro atoms. The first-order valence-corrected chi connectivity index (χ1v) is 7.67. The van der Waals surface area contributed by atoms with Gasteiger partial charge in [-0.3, -0.25) is 4.79 Å². The predicted molar refractivity (Wildman–Crippen MR) is 81.3 cm³/mol. The van der Waals surface area contributed by atoms with Crippen LogP contribution in [0.3, 0.4) is 0 Å². The maximum atomic E-state index is 13.1. The van der Waals surface area contributed by atoms with E-state index in [9.17, 15) is 14.7 Å².